The van der Waals surface area contributed by atoms with Crippen molar-refractivity contribution in [2.24, 2.45) is 17.8 Å². The Bertz CT molecular complexity index is 720. The molecule has 0 saturated heterocycles. The number of aliphatic hydroxyl groups excluding tert-OH is 2. The molecule has 0 spiro atoms. The van der Waals surface area contributed by atoms with Crippen LogP contribution in [-0.4, -0.2) is 60.2 Å². The quantitative estimate of drug-likeness (QED) is 0.242. The van der Waals surface area contributed by atoms with Crippen LogP contribution in [0.3, 0.4) is 0 Å². The number of rotatable bonds is 12. The number of aliphatic carboxylic acids is 1. The number of carboxylic acid groups (broad SMARTS) is 1. The molecular weight excluding hydrogens is 455 g/mol. The predicted molar refractivity (Wildman–Crippen MR) is 121 cm³/mol. The number of halogens is 1. The van der Waals surface area contributed by atoms with E-state index in [1.807, 2.05) is 23.6 Å². The van der Waals surface area contributed by atoms with E-state index in [-0.39, 0.29) is 31.0 Å². The van der Waals surface area contributed by atoms with E-state index >= 15 is 0 Å². The van der Waals surface area contributed by atoms with Crippen LogP contribution in [0.2, 0.25) is 0 Å². The van der Waals surface area contributed by atoms with Crippen molar-refractivity contribution in [2.75, 3.05) is 13.2 Å². The first-order valence-electron chi connectivity index (χ1n) is 9.67. The van der Waals surface area contributed by atoms with Crippen molar-refractivity contribution in [3.8, 4) is 0 Å². The fourth-order valence-corrected chi connectivity index (χ4v) is 5.13. The Hall–Kier alpha value is -1.06. The van der Waals surface area contributed by atoms with Crippen LogP contribution in [0.4, 0.5) is 0 Å². The zero-order valence-corrected chi connectivity index (χ0v) is 18.6. The Morgan fingerprint density at radius 2 is 2.24 bits per heavy atom. The molecule has 0 bridgehead atoms. The first-order valence-corrected chi connectivity index (χ1v) is 11.3. The Balaban J connectivity index is 1.87. The molecule has 3 N–H and O–H groups in total. The van der Waals surface area contributed by atoms with Gasteiger partial charge in [0.05, 0.1) is 0 Å². The summed E-state index contributed by atoms with van der Waals surface area (Å²) in [6.45, 7) is -0.105. The van der Waals surface area contributed by atoms with Gasteiger partial charge >= 0.3 is 186 Å². The fraction of sp³-hybridized carbons (Fsp3) is 0.524. The number of allylic oxidation sites excluding steroid dienone is 2. The molecule has 1 aromatic heterocycles. The second-order valence-electron chi connectivity index (χ2n) is 7.24. The maximum absolute atomic E-state index is 10.4. The van der Waals surface area contributed by atoms with Gasteiger partial charge in [-0.25, -0.2) is 0 Å². The minimum absolute atomic E-state index is 0.00720. The van der Waals surface area contributed by atoms with E-state index in [0.717, 1.165) is 10.9 Å². The fourth-order valence-electron chi connectivity index (χ4n) is 3.65. The van der Waals surface area contributed by atoms with Crippen LogP contribution in [0.25, 0.3) is 0 Å². The number of ether oxygens (including phenoxy) is 1. The van der Waals surface area contributed by atoms with E-state index in [4.69, 9.17) is 17.3 Å². The molecule has 8 heteroatoms. The van der Waals surface area contributed by atoms with E-state index < -0.39 is 18.2 Å². The van der Waals surface area contributed by atoms with E-state index in [0.29, 0.717) is 19.3 Å². The first-order chi connectivity index (χ1) is 13.9. The summed E-state index contributed by atoms with van der Waals surface area (Å²) in [6, 6.07) is 2.07. The van der Waals surface area contributed by atoms with Gasteiger partial charge in [0.1, 0.15) is 0 Å². The third-order valence-corrected chi connectivity index (χ3v) is 6.88. The number of hydrogen-bond acceptors (Lipinski definition) is 5. The van der Waals surface area contributed by atoms with Crippen molar-refractivity contribution in [3.05, 3.63) is 45.1 Å². The Labute approximate surface area is 185 Å². The van der Waals surface area contributed by atoms with Gasteiger partial charge in [-0.15, -0.1) is 0 Å². The SMILES string of the molecule is [B]=C[C@@H]1CC(O)[C@H](C/C=C\COCC(=O)O)[C@H]1/C=C/[C@@H](O)CCc1cc(Br)cs1. The molecule has 1 radical (unpaired) electrons. The zero-order valence-electron chi connectivity index (χ0n) is 16.2. The van der Waals surface area contributed by atoms with Crippen molar-refractivity contribution in [1.82, 2.24) is 0 Å². The van der Waals surface area contributed by atoms with Crippen molar-refractivity contribution >= 4 is 46.7 Å². The number of thiophene rings is 1. The Morgan fingerprint density at radius 1 is 1.45 bits per heavy atom. The van der Waals surface area contributed by atoms with Gasteiger partial charge in [0.2, 0.25) is 0 Å². The van der Waals surface area contributed by atoms with Gasteiger partial charge in [-0.3, -0.25) is 0 Å². The molecule has 2 rings (SSSR count). The molecule has 1 unspecified atom stereocenters. The molecule has 0 aliphatic heterocycles. The molecule has 1 fully saturated rings. The number of carboxylic acids is 1. The van der Waals surface area contributed by atoms with Gasteiger partial charge in [0.25, 0.3) is 0 Å². The molecule has 5 atom stereocenters. The zero-order chi connectivity index (χ0) is 21.2. The van der Waals surface area contributed by atoms with Crippen molar-refractivity contribution < 1.29 is 24.9 Å². The molecule has 0 amide bonds. The van der Waals surface area contributed by atoms with Crippen LogP contribution in [0, 0.1) is 17.8 Å². The summed E-state index contributed by atoms with van der Waals surface area (Å²) in [4.78, 5) is 11.6. The molecule has 1 saturated carbocycles. The van der Waals surface area contributed by atoms with Crippen molar-refractivity contribution in [2.45, 2.75) is 37.9 Å². The normalized spacial score (nSPS) is 25.7. The van der Waals surface area contributed by atoms with Gasteiger partial charge in [-0.1, -0.05) is 0 Å². The van der Waals surface area contributed by atoms with Crippen LogP contribution in [0.15, 0.2) is 40.2 Å². The van der Waals surface area contributed by atoms with Crippen LogP contribution in [0.1, 0.15) is 24.1 Å². The van der Waals surface area contributed by atoms with Gasteiger partial charge in [0.15, 0.2) is 0 Å². The molecule has 1 aromatic rings. The van der Waals surface area contributed by atoms with Gasteiger partial charge in [-0.05, 0) is 0 Å². The van der Waals surface area contributed by atoms with Crippen LogP contribution < -0.4 is 0 Å². The van der Waals surface area contributed by atoms with Crippen LogP contribution in [-0.2, 0) is 16.0 Å². The maximum atomic E-state index is 10.4. The summed E-state index contributed by atoms with van der Waals surface area (Å²) in [6.07, 6.45) is 9.13. The number of aliphatic hydroxyl groups is 2. The molecule has 1 aliphatic rings. The van der Waals surface area contributed by atoms with Crippen LogP contribution >= 0.6 is 27.3 Å². The molecule has 1 heterocycles. The number of aryl methyl sites for hydroxylation is 1. The third kappa shape index (κ3) is 8.30. The summed E-state index contributed by atoms with van der Waals surface area (Å²) in [5.41, 5.74) is 0. The van der Waals surface area contributed by atoms with E-state index in [1.165, 1.54) is 4.88 Å². The average Bonchev–Trinajstić information content (AvgIpc) is 3.23. The minimum atomic E-state index is -0.999. The van der Waals surface area contributed by atoms with Crippen molar-refractivity contribution in [1.29, 1.82) is 0 Å². The van der Waals surface area contributed by atoms with Gasteiger partial charge < -0.3 is 0 Å². The van der Waals surface area contributed by atoms with Crippen LogP contribution in [0.5, 0.6) is 0 Å². The summed E-state index contributed by atoms with van der Waals surface area (Å²) in [5.74, 6) is 0.732. The standard InChI is InChI=1S/C21H27BBrO5S/c22-11-14-9-20(25)19(3-1-2-8-28-12-21(26)27)18(14)7-5-16(24)4-6-17-10-15(23)13-29-17/h1-2,5,7,10-11,13-14,16,18-20,24-25H,3-4,6,8-9,12H2,(H,26,27)/b2-1-,7-5+/t14-,16-,18-,19+,20?/m0/s1. The summed E-state index contributed by atoms with van der Waals surface area (Å²) >= 11 is 5.11. The monoisotopic (exact) mass is 481 g/mol. The topological polar surface area (TPSA) is 87.0 Å². The summed E-state index contributed by atoms with van der Waals surface area (Å²) in [5, 5.41) is 31.3. The summed E-state index contributed by atoms with van der Waals surface area (Å²) < 4.78 is 6.04. The molecular formula is C21H27BBrO5S. The van der Waals surface area contributed by atoms with Gasteiger partial charge in [0, 0.05) is 0 Å². The predicted octanol–water partition coefficient (Wildman–Crippen LogP) is 2.99. The van der Waals surface area contributed by atoms with E-state index in [9.17, 15) is 15.0 Å². The Morgan fingerprint density at radius 3 is 2.90 bits per heavy atom. The number of carbonyl (C=O) groups is 1. The second kappa shape index (κ2) is 12.6. The van der Waals surface area contributed by atoms with E-state index in [2.05, 4.69) is 22.0 Å². The van der Waals surface area contributed by atoms with E-state index in [1.54, 1.807) is 23.4 Å². The molecule has 0 aromatic carbocycles. The summed E-state index contributed by atoms with van der Waals surface area (Å²) in [7, 11) is 5.79. The Kier molecular flexibility index (Phi) is 10.5. The van der Waals surface area contributed by atoms with Crippen molar-refractivity contribution in [3.63, 3.8) is 0 Å². The first kappa shape index (κ1) is 24.2. The molecule has 5 nitrogen and oxygen atoms in total. The molecule has 157 valence electrons. The molecule has 1 aliphatic carbocycles. The molecule has 29 heavy (non-hydrogen) atoms. The average molecular weight is 482 g/mol. The number of hydrogen-bond donors (Lipinski definition) is 3. The third-order valence-electron chi connectivity index (χ3n) is 5.12. The second-order valence-corrected chi connectivity index (χ2v) is 9.15. The van der Waals surface area contributed by atoms with Gasteiger partial charge in [-0.2, -0.15) is 0 Å².